The zero-order chi connectivity index (χ0) is 14.7. The van der Waals surface area contributed by atoms with E-state index in [9.17, 15) is 0 Å². The first kappa shape index (κ1) is 14.1. The second kappa shape index (κ2) is 6.27. The van der Waals surface area contributed by atoms with Crippen molar-refractivity contribution in [2.45, 2.75) is 25.8 Å². The summed E-state index contributed by atoms with van der Waals surface area (Å²) in [6, 6.07) is 14.5. The first-order chi connectivity index (χ1) is 10.3. The minimum absolute atomic E-state index is 0.402. The van der Waals surface area contributed by atoms with Crippen LogP contribution >= 0.6 is 11.6 Å². The molecule has 1 atom stereocenters. The number of nitrogens with zero attached hydrogens (tertiary/aromatic N) is 3. The van der Waals surface area contributed by atoms with Crippen LogP contribution in [0.3, 0.4) is 0 Å². The summed E-state index contributed by atoms with van der Waals surface area (Å²) in [5.74, 6) is 1.99. The monoisotopic (exact) mass is 299 g/mol. The highest BCUT2D eigenvalue weighted by molar-refractivity contribution is 6.17. The van der Waals surface area contributed by atoms with E-state index < -0.39 is 0 Å². The molecule has 108 valence electrons. The molecule has 0 bridgehead atoms. The SMILES string of the molecule is CC(Cn1c(CCCl)nc2cccnc21)c1ccccc1. The number of benzene rings is 1. The summed E-state index contributed by atoms with van der Waals surface area (Å²) in [5, 5.41) is 0. The van der Waals surface area contributed by atoms with E-state index in [-0.39, 0.29) is 0 Å². The number of halogens is 1. The van der Waals surface area contributed by atoms with Crippen LogP contribution in [-0.2, 0) is 13.0 Å². The molecule has 3 aromatic rings. The van der Waals surface area contributed by atoms with Crippen LogP contribution in [0.25, 0.3) is 11.2 Å². The van der Waals surface area contributed by atoms with Gasteiger partial charge < -0.3 is 4.57 Å². The number of imidazole rings is 1. The van der Waals surface area contributed by atoms with Crippen molar-refractivity contribution in [2.75, 3.05) is 5.88 Å². The van der Waals surface area contributed by atoms with Gasteiger partial charge in [-0.3, -0.25) is 0 Å². The summed E-state index contributed by atoms with van der Waals surface area (Å²) < 4.78 is 2.20. The predicted molar refractivity (Wildman–Crippen MR) is 86.8 cm³/mol. The minimum Gasteiger partial charge on any atom is -0.312 e. The second-order valence-electron chi connectivity index (χ2n) is 5.24. The number of rotatable bonds is 5. The summed E-state index contributed by atoms with van der Waals surface area (Å²) in [4.78, 5) is 9.15. The molecule has 1 aromatic carbocycles. The van der Waals surface area contributed by atoms with Gasteiger partial charge in [0, 0.05) is 25.0 Å². The lowest BCUT2D eigenvalue weighted by Crippen LogP contribution is -2.11. The van der Waals surface area contributed by atoms with Crippen molar-refractivity contribution < 1.29 is 0 Å². The first-order valence-corrected chi connectivity index (χ1v) is 7.74. The van der Waals surface area contributed by atoms with Crippen LogP contribution in [0.4, 0.5) is 0 Å². The second-order valence-corrected chi connectivity index (χ2v) is 5.61. The van der Waals surface area contributed by atoms with E-state index >= 15 is 0 Å². The highest BCUT2D eigenvalue weighted by Crippen LogP contribution is 2.22. The van der Waals surface area contributed by atoms with Gasteiger partial charge in [0.1, 0.15) is 11.3 Å². The fourth-order valence-electron chi connectivity index (χ4n) is 2.63. The van der Waals surface area contributed by atoms with Crippen LogP contribution in [0.1, 0.15) is 24.2 Å². The van der Waals surface area contributed by atoms with Gasteiger partial charge >= 0.3 is 0 Å². The standard InChI is InChI=1S/C17H18ClN3/c1-13(14-6-3-2-4-7-14)12-21-16(9-10-18)20-15-8-5-11-19-17(15)21/h2-8,11,13H,9-10,12H2,1H3. The van der Waals surface area contributed by atoms with Crippen LogP contribution in [0, 0.1) is 0 Å². The molecule has 0 aliphatic rings. The molecule has 21 heavy (non-hydrogen) atoms. The Morgan fingerprint density at radius 1 is 1.14 bits per heavy atom. The van der Waals surface area contributed by atoms with E-state index in [1.807, 2.05) is 24.4 Å². The van der Waals surface area contributed by atoms with Crippen LogP contribution in [0.2, 0.25) is 0 Å². The van der Waals surface area contributed by atoms with Gasteiger partial charge in [0.05, 0.1) is 0 Å². The van der Waals surface area contributed by atoms with E-state index in [0.717, 1.165) is 30.0 Å². The molecular weight excluding hydrogens is 282 g/mol. The van der Waals surface area contributed by atoms with Gasteiger partial charge in [-0.05, 0) is 23.6 Å². The van der Waals surface area contributed by atoms with Gasteiger partial charge in [0.25, 0.3) is 0 Å². The maximum atomic E-state index is 5.92. The van der Waals surface area contributed by atoms with Crippen LogP contribution in [0.15, 0.2) is 48.7 Å². The van der Waals surface area contributed by atoms with Gasteiger partial charge in [-0.2, -0.15) is 0 Å². The highest BCUT2D eigenvalue weighted by Gasteiger charge is 2.14. The first-order valence-electron chi connectivity index (χ1n) is 7.20. The van der Waals surface area contributed by atoms with E-state index in [1.54, 1.807) is 0 Å². The Hall–Kier alpha value is -1.87. The Balaban J connectivity index is 1.97. The molecule has 0 fully saturated rings. The number of hydrogen-bond acceptors (Lipinski definition) is 2. The molecule has 1 unspecified atom stereocenters. The predicted octanol–water partition coefficient (Wildman–Crippen LogP) is 4.02. The van der Waals surface area contributed by atoms with Gasteiger partial charge in [-0.15, -0.1) is 11.6 Å². The molecule has 0 amide bonds. The summed E-state index contributed by atoms with van der Waals surface area (Å²) in [6.07, 6.45) is 2.58. The minimum atomic E-state index is 0.402. The zero-order valence-electron chi connectivity index (χ0n) is 12.0. The maximum absolute atomic E-state index is 5.92. The fourth-order valence-corrected chi connectivity index (χ4v) is 2.80. The molecule has 0 radical (unpaired) electrons. The van der Waals surface area contributed by atoms with Crippen molar-refractivity contribution in [1.29, 1.82) is 0 Å². The fraction of sp³-hybridized carbons (Fsp3) is 0.294. The summed E-state index contributed by atoms with van der Waals surface area (Å²) in [5.41, 5.74) is 3.21. The number of aromatic nitrogens is 3. The highest BCUT2D eigenvalue weighted by atomic mass is 35.5. The summed E-state index contributed by atoms with van der Waals surface area (Å²) in [7, 11) is 0. The molecule has 4 heteroatoms. The summed E-state index contributed by atoms with van der Waals surface area (Å²) >= 11 is 5.92. The molecule has 0 N–H and O–H groups in total. The Morgan fingerprint density at radius 3 is 2.71 bits per heavy atom. The normalized spacial score (nSPS) is 12.7. The molecular formula is C17H18ClN3. The number of aryl methyl sites for hydroxylation is 1. The number of pyridine rings is 1. The van der Waals surface area contributed by atoms with E-state index in [1.165, 1.54) is 5.56 Å². The molecule has 2 heterocycles. The topological polar surface area (TPSA) is 30.7 Å². The van der Waals surface area contributed by atoms with Crippen LogP contribution in [-0.4, -0.2) is 20.4 Å². The van der Waals surface area contributed by atoms with Crippen molar-refractivity contribution in [3.05, 3.63) is 60.0 Å². The zero-order valence-corrected chi connectivity index (χ0v) is 12.8. The molecule has 3 rings (SSSR count). The van der Waals surface area contributed by atoms with Gasteiger partial charge in [-0.25, -0.2) is 9.97 Å². The lowest BCUT2D eigenvalue weighted by Gasteiger charge is -2.15. The van der Waals surface area contributed by atoms with E-state index in [4.69, 9.17) is 11.6 Å². The van der Waals surface area contributed by atoms with Crippen molar-refractivity contribution in [3.63, 3.8) is 0 Å². The number of fused-ring (bicyclic) bond motifs is 1. The third-order valence-corrected chi connectivity index (χ3v) is 3.91. The molecule has 3 nitrogen and oxygen atoms in total. The lowest BCUT2D eigenvalue weighted by atomic mass is 10.0. The average Bonchev–Trinajstić information content (AvgIpc) is 2.86. The van der Waals surface area contributed by atoms with Gasteiger partial charge in [-0.1, -0.05) is 37.3 Å². The van der Waals surface area contributed by atoms with Crippen LogP contribution in [0.5, 0.6) is 0 Å². The molecule has 0 aliphatic carbocycles. The van der Waals surface area contributed by atoms with Gasteiger partial charge in [0.15, 0.2) is 5.65 Å². The number of alkyl halides is 1. The average molecular weight is 300 g/mol. The molecule has 0 spiro atoms. The Bertz CT molecular complexity index is 721. The Kier molecular flexibility index (Phi) is 4.20. The maximum Gasteiger partial charge on any atom is 0.160 e. The van der Waals surface area contributed by atoms with E-state index in [0.29, 0.717) is 11.8 Å². The van der Waals surface area contributed by atoms with Crippen molar-refractivity contribution >= 4 is 22.8 Å². The smallest absolute Gasteiger partial charge is 0.160 e. The lowest BCUT2D eigenvalue weighted by molar-refractivity contribution is 0.585. The molecule has 2 aromatic heterocycles. The number of hydrogen-bond donors (Lipinski definition) is 0. The van der Waals surface area contributed by atoms with Crippen molar-refractivity contribution in [1.82, 2.24) is 14.5 Å². The molecule has 0 saturated carbocycles. The van der Waals surface area contributed by atoms with Crippen molar-refractivity contribution in [3.8, 4) is 0 Å². The van der Waals surface area contributed by atoms with Crippen molar-refractivity contribution in [2.24, 2.45) is 0 Å². The largest absolute Gasteiger partial charge is 0.312 e. The summed E-state index contributed by atoms with van der Waals surface area (Å²) in [6.45, 7) is 3.10. The molecule has 0 saturated heterocycles. The Labute approximate surface area is 129 Å². The van der Waals surface area contributed by atoms with E-state index in [2.05, 4.69) is 45.7 Å². The third kappa shape index (κ3) is 2.93. The van der Waals surface area contributed by atoms with Gasteiger partial charge in [0.2, 0.25) is 0 Å². The Morgan fingerprint density at radius 2 is 1.95 bits per heavy atom. The quantitative estimate of drug-likeness (QED) is 0.666. The van der Waals surface area contributed by atoms with Crippen LogP contribution < -0.4 is 0 Å². The third-order valence-electron chi connectivity index (χ3n) is 3.73. The molecule has 0 aliphatic heterocycles.